The molecule has 0 bridgehead atoms. The molecule has 0 saturated carbocycles. The average molecular weight is 494 g/mol. The number of halogens is 2. The van der Waals surface area contributed by atoms with Crippen LogP contribution < -0.4 is 4.80 Å². The van der Waals surface area contributed by atoms with E-state index in [2.05, 4.69) is 67.4 Å². The lowest BCUT2D eigenvalue weighted by Gasteiger charge is -2.08. The van der Waals surface area contributed by atoms with Gasteiger partial charge in [0.15, 0.2) is 4.80 Å². The fourth-order valence-corrected chi connectivity index (χ4v) is 4.65. The molecule has 134 valence electrons. The van der Waals surface area contributed by atoms with Gasteiger partial charge in [-0.2, -0.15) is 4.99 Å². The third kappa shape index (κ3) is 3.92. The number of amides is 1. The van der Waals surface area contributed by atoms with Crippen molar-refractivity contribution in [2.45, 2.75) is 26.8 Å². The van der Waals surface area contributed by atoms with E-state index in [4.69, 9.17) is 0 Å². The van der Waals surface area contributed by atoms with Crippen molar-refractivity contribution in [3.8, 4) is 11.3 Å². The van der Waals surface area contributed by atoms with Gasteiger partial charge in [-0.3, -0.25) is 4.79 Å². The molecule has 0 aliphatic rings. The molecule has 0 unspecified atom stereocenters. The van der Waals surface area contributed by atoms with Gasteiger partial charge in [-0.1, -0.05) is 47.1 Å². The van der Waals surface area contributed by atoms with Crippen LogP contribution in [0.3, 0.4) is 0 Å². The number of carbonyl (C=O) groups excluding carboxylic acids is 1. The highest BCUT2D eigenvalue weighted by Crippen LogP contribution is 2.28. The Bertz CT molecular complexity index is 1000. The Labute approximate surface area is 173 Å². The van der Waals surface area contributed by atoms with E-state index in [1.165, 1.54) is 4.88 Å². The molecule has 0 aliphatic carbocycles. The molecule has 0 N–H and O–H groups in total. The largest absolute Gasteiger partial charge is 0.316 e. The molecule has 3 aromatic rings. The number of nitrogens with zero attached hydrogens (tertiary/aromatic N) is 2. The van der Waals surface area contributed by atoms with E-state index < -0.39 is 0 Å². The van der Waals surface area contributed by atoms with Gasteiger partial charge in [0.25, 0.3) is 5.91 Å². The highest BCUT2D eigenvalue weighted by Gasteiger charge is 2.15. The second-order valence-corrected chi connectivity index (χ2v) is 8.49. The third-order valence-electron chi connectivity index (χ3n) is 4.04. The second kappa shape index (κ2) is 8.46. The minimum Gasteiger partial charge on any atom is -0.316 e. The van der Waals surface area contributed by atoms with E-state index in [0.29, 0.717) is 5.56 Å². The number of aromatic nitrogens is 1. The maximum absolute atomic E-state index is 12.7. The standard InChI is InChI=1S/C20H18Br2N2OS/c1-3-17-18(13-9-11-14(21)12-10-13)24(4-2)20(26-17)23-19(25)15-7-5-6-8-16(15)22/h5-12H,3-4H2,1-2H3. The number of aryl methyl sites for hydroxylation is 1. The Balaban J connectivity index is 2.15. The monoisotopic (exact) mass is 492 g/mol. The smallest absolute Gasteiger partial charge is 0.280 e. The fraction of sp³-hybridized carbons (Fsp3) is 0.200. The summed E-state index contributed by atoms with van der Waals surface area (Å²) in [6, 6.07) is 15.6. The van der Waals surface area contributed by atoms with Crippen LogP contribution in [0.5, 0.6) is 0 Å². The predicted octanol–water partition coefficient (Wildman–Crippen LogP) is 6.07. The number of hydrogen-bond acceptors (Lipinski definition) is 2. The molecule has 3 rings (SSSR count). The average Bonchev–Trinajstić information content (AvgIpc) is 3.00. The maximum Gasteiger partial charge on any atom is 0.280 e. The first-order chi connectivity index (χ1) is 12.5. The van der Waals surface area contributed by atoms with Crippen LogP contribution in [0.2, 0.25) is 0 Å². The molecular weight excluding hydrogens is 476 g/mol. The predicted molar refractivity (Wildman–Crippen MR) is 115 cm³/mol. The van der Waals surface area contributed by atoms with E-state index >= 15 is 0 Å². The van der Waals surface area contributed by atoms with Gasteiger partial charge < -0.3 is 4.57 Å². The van der Waals surface area contributed by atoms with E-state index in [1.54, 1.807) is 17.4 Å². The summed E-state index contributed by atoms with van der Waals surface area (Å²) >= 11 is 8.51. The minimum absolute atomic E-state index is 0.231. The first-order valence-corrected chi connectivity index (χ1v) is 10.8. The summed E-state index contributed by atoms with van der Waals surface area (Å²) in [6.45, 7) is 4.97. The van der Waals surface area contributed by atoms with Crippen molar-refractivity contribution in [2.24, 2.45) is 4.99 Å². The lowest BCUT2D eigenvalue weighted by Crippen LogP contribution is -2.17. The van der Waals surface area contributed by atoms with Gasteiger partial charge in [0.05, 0.1) is 11.3 Å². The van der Waals surface area contributed by atoms with Crippen molar-refractivity contribution in [3.05, 3.63) is 72.7 Å². The SMILES string of the molecule is CCc1sc(=NC(=O)c2ccccc2Br)n(CC)c1-c1ccc(Br)cc1. The van der Waals surface area contributed by atoms with Crippen LogP contribution in [0.25, 0.3) is 11.3 Å². The molecule has 6 heteroatoms. The molecule has 0 aliphatic heterocycles. The molecule has 0 atom stereocenters. The summed E-state index contributed by atoms with van der Waals surface area (Å²) in [4.78, 5) is 19.1. The number of rotatable bonds is 4. The van der Waals surface area contributed by atoms with Gasteiger partial charge in [0, 0.05) is 20.4 Å². The van der Waals surface area contributed by atoms with Crippen molar-refractivity contribution in [1.82, 2.24) is 4.57 Å². The van der Waals surface area contributed by atoms with Crippen molar-refractivity contribution in [3.63, 3.8) is 0 Å². The molecule has 0 saturated heterocycles. The number of hydrogen-bond donors (Lipinski definition) is 0. The summed E-state index contributed by atoms with van der Waals surface area (Å²) in [5, 5.41) is 0. The van der Waals surface area contributed by atoms with Crippen molar-refractivity contribution < 1.29 is 4.79 Å². The molecule has 3 nitrogen and oxygen atoms in total. The molecule has 1 heterocycles. The Hall–Kier alpha value is -1.50. The number of benzene rings is 2. The summed E-state index contributed by atoms with van der Waals surface area (Å²) < 4.78 is 3.94. The van der Waals surface area contributed by atoms with E-state index in [1.807, 2.05) is 30.3 Å². The van der Waals surface area contributed by atoms with Crippen molar-refractivity contribution >= 4 is 49.1 Å². The lowest BCUT2D eigenvalue weighted by atomic mass is 10.1. The second-order valence-electron chi connectivity index (χ2n) is 5.66. The maximum atomic E-state index is 12.7. The summed E-state index contributed by atoms with van der Waals surface area (Å²) in [5.74, 6) is -0.231. The van der Waals surface area contributed by atoms with Crippen LogP contribution in [0.1, 0.15) is 29.1 Å². The van der Waals surface area contributed by atoms with Crippen LogP contribution in [-0.2, 0) is 13.0 Å². The zero-order valence-corrected chi connectivity index (χ0v) is 18.5. The fourth-order valence-electron chi connectivity index (χ4n) is 2.78. The Morgan fingerprint density at radius 2 is 1.77 bits per heavy atom. The molecule has 0 fully saturated rings. The highest BCUT2D eigenvalue weighted by molar-refractivity contribution is 9.10. The van der Waals surface area contributed by atoms with Crippen LogP contribution in [0, 0.1) is 0 Å². The summed E-state index contributed by atoms with van der Waals surface area (Å²) in [5.41, 5.74) is 2.86. The molecule has 1 amide bonds. The van der Waals surface area contributed by atoms with Gasteiger partial charge in [-0.15, -0.1) is 11.3 Å². The zero-order valence-electron chi connectivity index (χ0n) is 14.5. The lowest BCUT2D eigenvalue weighted by molar-refractivity contribution is 0.0997. The Morgan fingerprint density at radius 1 is 1.08 bits per heavy atom. The topological polar surface area (TPSA) is 34.4 Å². The molecule has 0 spiro atoms. The first-order valence-electron chi connectivity index (χ1n) is 8.37. The van der Waals surface area contributed by atoms with E-state index in [9.17, 15) is 4.79 Å². The molecule has 0 radical (unpaired) electrons. The van der Waals surface area contributed by atoms with Gasteiger partial charge in [-0.05, 0) is 59.1 Å². The zero-order chi connectivity index (χ0) is 18.7. The van der Waals surface area contributed by atoms with Gasteiger partial charge in [0.1, 0.15) is 0 Å². The van der Waals surface area contributed by atoms with Gasteiger partial charge in [-0.25, -0.2) is 0 Å². The van der Waals surface area contributed by atoms with Crippen molar-refractivity contribution in [2.75, 3.05) is 0 Å². The quantitative estimate of drug-likeness (QED) is 0.434. The number of carbonyl (C=O) groups is 1. The molecule has 26 heavy (non-hydrogen) atoms. The van der Waals surface area contributed by atoms with E-state index in [-0.39, 0.29) is 5.91 Å². The van der Waals surface area contributed by atoms with Crippen LogP contribution >= 0.6 is 43.2 Å². The summed E-state index contributed by atoms with van der Waals surface area (Å²) in [6.07, 6.45) is 0.898. The van der Waals surface area contributed by atoms with Crippen LogP contribution in [0.15, 0.2) is 62.5 Å². The normalized spacial score (nSPS) is 11.8. The molecule has 2 aromatic carbocycles. The Morgan fingerprint density at radius 3 is 2.38 bits per heavy atom. The van der Waals surface area contributed by atoms with E-state index in [0.717, 1.165) is 38.0 Å². The summed E-state index contributed by atoms with van der Waals surface area (Å²) in [7, 11) is 0. The minimum atomic E-state index is -0.231. The highest BCUT2D eigenvalue weighted by atomic mass is 79.9. The Kier molecular flexibility index (Phi) is 6.27. The molecule has 1 aromatic heterocycles. The molecular formula is C20H18Br2N2OS. The number of thiazole rings is 1. The van der Waals surface area contributed by atoms with Crippen LogP contribution in [-0.4, -0.2) is 10.5 Å². The van der Waals surface area contributed by atoms with Gasteiger partial charge >= 0.3 is 0 Å². The third-order valence-corrected chi connectivity index (χ3v) is 6.48. The van der Waals surface area contributed by atoms with Gasteiger partial charge in [0.2, 0.25) is 0 Å². The first kappa shape index (κ1) is 19.3. The van der Waals surface area contributed by atoms with Crippen LogP contribution in [0.4, 0.5) is 0 Å². The van der Waals surface area contributed by atoms with Crippen molar-refractivity contribution in [1.29, 1.82) is 0 Å².